The van der Waals surface area contributed by atoms with Crippen molar-refractivity contribution in [1.82, 2.24) is 19.5 Å². The Bertz CT molecular complexity index is 1110. The summed E-state index contributed by atoms with van der Waals surface area (Å²) in [5, 5.41) is 15.5. The van der Waals surface area contributed by atoms with Crippen molar-refractivity contribution >= 4 is 17.2 Å². The molecule has 0 bridgehead atoms. The highest BCUT2D eigenvalue weighted by atomic mass is 19.3. The van der Waals surface area contributed by atoms with Gasteiger partial charge in [0.25, 0.3) is 0 Å². The van der Waals surface area contributed by atoms with Crippen LogP contribution in [-0.2, 0) is 6.42 Å². The van der Waals surface area contributed by atoms with E-state index in [1.807, 2.05) is 31.3 Å². The summed E-state index contributed by atoms with van der Waals surface area (Å²) in [6.45, 7) is 4.12. The summed E-state index contributed by atoms with van der Waals surface area (Å²) >= 11 is 0. The van der Waals surface area contributed by atoms with Gasteiger partial charge in [0.15, 0.2) is 0 Å². The summed E-state index contributed by atoms with van der Waals surface area (Å²) in [6, 6.07) is 7.11. The van der Waals surface area contributed by atoms with Crippen molar-refractivity contribution in [3.63, 3.8) is 0 Å². The average Bonchev–Trinajstić information content (AvgIpc) is 3.23. The lowest BCUT2D eigenvalue weighted by Crippen LogP contribution is -2.47. The third kappa shape index (κ3) is 5.32. The van der Waals surface area contributed by atoms with E-state index in [0.717, 1.165) is 29.7 Å². The predicted octanol–water partition coefficient (Wildman–Crippen LogP) is 5.15. The van der Waals surface area contributed by atoms with Crippen LogP contribution in [0.15, 0.2) is 46.9 Å². The molecule has 0 aliphatic carbocycles. The lowest BCUT2D eigenvalue weighted by Gasteiger charge is -2.34. The molecule has 2 atom stereocenters. The highest BCUT2D eigenvalue weighted by molar-refractivity contribution is 5.81. The van der Waals surface area contributed by atoms with Crippen LogP contribution < -0.4 is 5.32 Å². The number of piperidine rings is 1. The Kier molecular flexibility index (Phi) is 7.22. The molecule has 0 unspecified atom stereocenters. The number of aromatic nitrogens is 3. The Morgan fingerprint density at radius 3 is 2.85 bits per heavy atom. The lowest BCUT2D eigenvalue weighted by atomic mass is 10.0. The third-order valence-corrected chi connectivity index (χ3v) is 6.03. The third-order valence-electron chi connectivity index (χ3n) is 6.03. The van der Waals surface area contributed by atoms with Crippen LogP contribution >= 0.6 is 0 Å². The Morgan fingerprint density at radius 2 is 2.12 bits per heavy atom. The number of anilines is 1. The van der Waals surface area contributed by atoms with Crippen LogP contribution in [0.3, 0.4) is 0 Å². The lowest BCUT2D eigenvalue weighted by molar-refractivity contribution is 0.131. The van der Waals surface area contributed by atoms with Crippen LogP contribution in [0, 0.1) is 0 Å². The molecule has 176 valence electrons. The summed E-state index contributed by atoms with van der Waals surface area (Å²) in [6.07, 6.45) is 0.793. The van der Waals surface area contributed by atoms with Crippen LogP contribution in [0.5, 0.6) is 0 Å². The van der Waals surface area contributed by atoms with Crippen molar-refractivity contribution in [2.45, 2.75) is 44.8 Å². The highest BCUT2D eigenvalue weighted by Gasteiger charge is 2.29. The Hall–Kier alpha value is -3.01. The fraction of sp³-hybridized carbons (Fsp3) is 0.478. The standard InChI is InChI=1S/C23H28F3N7/c1-3-32-10-9-20(18(24)14-32)29-23-28-13-21-17(8-11-33(21)31-23)15-4-6-19(30-27-2)16(12-15)5-7-22(25)26/h4,6,8,11-13,18,20,22H,3,5,7,9-10,14H2,1-2H3,(H,29,31)/t18-,20+/m1/s1. The van der Waals surface area contributed by atoms with E-state index in [0.29, 0.717) is 30.2 Å². The van der Waals surface area contributed by atoms with E-state index in [1.54, 1.807) is 23.8 Å². The Labute approximate surface area is 190 Å². The molecule has 0 saturated carbocycles. The zero-order chi connectivity index (χ0) is 23.4. The number of nitrogens with zero attached hydrogens (tertiary/aromatic N) is 6. The van der Waals surface area contributed by atoms with Crippen LogP contribution in [0.2, 0.25) is 0 Å². The molecule has 3 heterocycles. The number of hydrogen-bond donors (Lipinski definition) is 1. The van der Waals surface area contributed by atoms with Gasteiger partial charge in [-0.3, -0.25) is 0 Å². The van der Waals surface area contributed by atoms with Crippen molar-refractivity contribution < 1.29 is 13.2 Å². The van der Waals surface area contributed by atoms with E-state index in [2.05, 4.69) is 30.5 Å². The first kappa shape index (κ1) is 23.2. The molecule has 2 aromatic heterocycles. The van der Waals surface area contributed by atoms with Gasteiger partial charge in [-0.2, -0.15) is 10.2 Å². The molecule has 0 spiro atoms. The number of benzene rings is 1. The number of fused-ring (bicyclic) bond motifs is 1. The molecular weight excluding hydrogens is 431 g/mol. The Balaban J connectivity index is 1.57. The molecule has 1 saturated heterocycles. The number of aryl methyl sites for hydroxylation is 1. The number of halogens is 3. The van der Waals surface area contributed by atoms with Crippen LogP contribution in [0.25, 0.3) is 16.6 Å². The summed E-state index contributed by atoms with van der Waals surface area (Å²) in [5.74, 6) is 0.374. The van der Waals surface area contributed by atoms with E-state index in [-0.39, 0.29) is 18.9 Å². The first-order valence-electron chi connectivity index (χ1n) is 11.2. The van der Waals surface area contributed by atoms with Crippen molar-refractivity contribution in [2.75, 3.05) is 32.0 Å². The van der Waals surface area contributed by atoms with Gasteiger partial charge in [0.2, 0.25) is 12.4 Å². The van der Waals surface area contributed by atoms with Gasteiger partial charge in [0.05, 0.1) is 23.4 Å². The molecule has 10 heteroatoms. The quantitative estimate of drug-likeness (QED) is 0.473. The molecule has 1 aliphatic rings. The number of likely N-dealkylation sites (tertiary alicyclic amines) is 1. The van der Waals surface area contributed by atoms with Crippen molar-refractivity contribution in [3.8, 4) is 11.1 Å². The van der Waals surface area contributed by atoms with Crippen molar-refractivity contribution in [2.24, 2.45) is 10.2 Å². The summed E-state index contributed by atoms with van der Waals surface area (Å²) in [4.78, 5) is 6.50. The zero-order valence-corrected chi connectivity index (χ0v) is 18.8. The number of alkyl halides is 3. The topological polar surface area (TPSA) is 70.2 Å². The van der Waals surface area contributed by atoms with Crippen molar-refractivity contribution in [3.05, 3.63) is 42.2 Å². The minimum absolute atomic E-state index is 0.206. The van der Waals surface area contributed by atoms with E-state index >= 15 is 0 Å². The van der Waals surface area contributed by atoms with Gasteiger partial charge in [-0.1, -0.05) is 13.0 Å². The molecule has 4 rings (SSSR count). The van der Waals surface area contributed by atoms with E-state index < -0.39 is 12.6 Å². The number of azo groups is 1. The largest absolute Gasteiger partial charge is 0.347 e. The molecule has 1 fully saturated rings. The highest BCUT2D eigenvalue weighted by Crippen LogP contribution is 2.31. The van der Waals surface area contributed by atoms with Gasteiger partial charge in [-0.05, 0) is 48.7 Å². The van der Waals surface area contributed by atoms with Gasteiger partial charge < -0.3 is 10.2 Å². The smallest absolute Gasteiger partial charge is 0.241 e. The average molecular weight is 460 g/mol. The van der Waals surface area contributed by atoms with E-state index in [4.69, 9.17) is 0 Å². The SMILES string of the molecule is CCN1CC[C@H](Nc2ncc3c(-c4ccc(N=NC)c(CCC(F)F)c4)ccn3n2)[C@H](F)C1. The summed E-state index contributed by atoms with van der Waals surface area (Å²) in [7, 11) is 1.55. The van der Waals surface area contributed by atoms with Crippen LogP contribution in [0.4, 0.5) is 24.8 Å². The van der Waals surface area contributed by atoms with E-state index in [9.17, 15) is 13.2 Å². The summed E-state index contributed by atoms with van der Waals surface area (Å²) < 4.78 is 41.8. The monoisotopic (exact) mass is 459 g/mol. The maximum atomic E-state index is 14.5. The zero-order valence-electron chi connectivity index (χ0n) is 18.8. The first-order valence-corrected chi connectivity index (χ1v) is 11.2. The Morgan fingerprint density at radius 1 is 1.27 bits per heavy atom. The molecular formula is C23H28F3N7. The van der Waals surface area contributed by atoms with Gasteiger partial charge in [-0.25, -0.2) is 22.7 Å². The minimum atomic E-state index is -2.38. The molecule has 7 nitrogen and oxygen atoms in total. The molecule has 33 heavy (non-hydrogen) atoms. The second kappa shape index (κ2) is 10.3. The van der Waals surface area contributed by atoms with Gasteiger partial charge in [-0.15, -0.1) is 5.10 Å². The van der Waals surface area contributed by atoms with Gasteiger partial charge in [0.1, 0.15) is 6.17 Å². The maximum absolute atomic E-state index is 14.5. The first-order chi connectivity index (χ1) is 16.0. The molecule has 3 aromatic rings. The fourth-order valence-electron chi connectivity index (χ4n) is 4.22. The molecule has 1 aliphatic heterocycles. The maximum Gasteiger partial charge on any atom is 0.241 e. The minimum Gasteiger partial charge on any atom is -0.347 e. The van der Waals surface area contributed by atoms with Crippen LogP contribution in [-0.4, -0.2) is 64.8 Å². The van der Waals surface area contributed by atoms with Gasteiger partial charge in [0, 0.05) is 38.3 Å². The van der Waals surface area contributed by atoms with E-state index in [1.165, 1.54) is 0 Å². The predicted molar refractivity (Wildman–Crippen MR) is 122 cm³/mol. The second-order valence-electron chi connectivity index (χ2n) is 8.16. The second-order valence-corrected chi connectivity index (χ2v) is 8.16. The molecule has 1 N–H and O–H groups in total. The summed E-state index contributed by atoms with van der Waals surface area (Å²) in [5.41, 5.74) is 3.80. The number of nitrogens with one attached hydrogen (secondary N) is 1. The number of rotatable bonds is 8. The molecule has 0 radical (unpaired) electrons. The molecule has 0 amide bonds. The molecule has 1 aromatic carbocycles. The van der Waals surface area contributed by atoms with Crippen LogP contribution in [0.1, 0.15) is 25.3 Å². The van der Waals surface area contributed by atoms with Crippen molar-refractivity contribution in [1.29, 1.82) is 0 Å². The van der Waals surface area contributed by atoms with Gasteiger partial charge >= 0.3 is 0 Å². The normalized spacial score (nSPS) is 19.7. The fourth-order valence-corrected chi connectivity index (χ4v) is 4.22. The number of hydrogen-bond acceptors (Lipinski definition) is 6.